The summed E-state index contributed by atoms with van der Waals surface area (Å²) in [7, 11) is 1.84. The number of aromatic nitrogens is 5. The highest BCUT2D eigenvalue weighted by atomic mass is 16.2. The van der Waals surface area contributed by atoms with Crippen LogP contribution < -0.4 is 5.32 Å². The van der Waals surface area contributed by atoms with Gasteiger partial charge in [0, 0.05) is 26.6 Å². The highest BCUT2D eigenvalue weighted by Gasteiger charge is 2.15. The molecule has 21 heavy (non-hydrogen) atoms. The zero-order chi connectivity index (χ0) is 15.4. The molecule has 0 saturated carbocycles. The van der Waals surface area contributed by atoms with Gasteiger partial charge in [0.1, 0.15) is 17.8 Å². The van der Waals surface area contributed by atoms with Crippen molar-refractivity contribution in [3.05, 3.63) is 29.6 Å². The predicted octanol–water partition coefficient (Wildman–Crippen LogP) is 1.13. The third-order valence-electron chi connectivity index (χ3n) is 3.36. The third kappa shape index (κ3) is 3.48. The van der Waals surface area contributed by atoms with E-state index < -0.39 is 0 Å². The summed E-state index contributed by atoms with van der Waals surface area (Å²) in [4.78, 5) is 16.4. The summed E-state index contributed by atoms with van der Waals surface area (Å²) in [5, 5.41) is 11.4. The summed E-state index contributed by atoms with van der Waals surface area (Å²) >= 11 is 0. The van der Waals surface area contributed by atoms with Crippen molar-refractivity contribution < 1.29 is 4.79 Å². The van der Waals surface area contributed by atoms with Crippen molar-refractivity contribution in [1.29, 1.82) is 0 Å². The lowest BCUT2D eigenvalue weighted by Gasteiger charge is -2.06. The summed E-state index contributed by atoms with van der Waals surface area (Å²) in [6.45, 7) is 7.32. The molecule has 1 N–H and O–H groups in total. The number of nitrogens with one attached hydrogen (secondary N) is 1. The molecule has 114 valence electrons. The van der Waals surface area contributed by atoms with Gasteiger partial charge in [-0.2, -0.15) is 10.2 Å². The van der Waals surface area contributed by atoms with Crippen LogP contribution in [0.2, 0.25) is 0 Å². The second kappa shape index (κ2) is 6.51. The van der Waals surface area contributed by atoms with Crippen molar-refractivity contribution in [2.24, 2.45) is 7.05 Å². The molecule has 0 aliphatic rings. The average Bonchev–Trinajstić information content (AvgIpc) is 3.05. The molecule has 0 unspecified atom stereocenters. The number of aryl methyl sites for hydroxylation is 2. The Morgan fingerprint density at radius 2 is 2.19 bits per heavy atom. The Balaban J connectivity index is 1.98. The number of rotatable bonds is 6. The van der Waals surface area contributed by atoms with Gasteiger partial charge in [-0.25, -0.2) is 4.98 Å². The molecule has 0 bridgehead atoms. The minimum Gasteiger partial charge on any atom is -0.350 e. The van der Waals surface area contributed by atoms with E-state index in [0.29, 0.717) is 31.1 Å². The van der Waals surface area contributed by atoms with Crippen LogP contribution in [-0.2, 0) is 20.0 Å². The molecule has 7 heteroatoms. The van der Waals surface area contributed by atoms with Crippen LogP contribution in [0.15, 0.2) is 12.4 Å². The van der Waals surface area contributed by atoms with Crippen LogP contribution in [-0.4, -0.2) is 37.0 Å². The molecule has 2 aromatic heterocycles. The molecule has 7 nitrogen and oxygen atoms in total. The van der Waals surface area contributed by atoms with Crippen LogP contribution in [0.4, 0.5) is 0 Å². The number of carbonyl (C=O) groups excluding carboxylic acids is 1. The zero-order valence-electron chi connectivity index (χ0n) is 13.0. The Morgan fingerprint density at radius 1 is 1.43 bits per heavy atom. The maximum atomic E-state index is 12.3. The zero-order valence-corrected chi connectivity index (χ0v) is 13.0. The van der Waals surface area contributed by atoms with Crippen molar-refractivity contribution in [2.45, 2.75) is 39.7 Å². The second-order valence-electron chi connectivity index (χ2n) is 5.23. The summed E-state index contributed by atoms with van der Waals surface area (Å²) in [6, 6.07) is 1.87. The SMILES string of the molecule is CCn1nc(C(C)C)cc1C(=O)NCCc1ncnn1C. The van der Waals surface area contributed by atoms with E-state index in [2.05, 4.69) is 34.3 Å². The lowest BCUT2D eigenvalue weighted by molar-refractivity contribution is 0.0943. The number of amides is 1. The largest absolute Gasteiger partial charge is 0.350 e. The van der Waals surface area contributed by atoms with Gasteiger partial charge in [0.25, 0.3) is 5.91 Å². The van der Waals surface area contributed by atoms with Crippen molar-refractivity contribution in [3.8, 4) is 0 Å². The molecule has 0 aliphatic carbocycles. The van der Waals surface area contributed by atoms with E-state index in [9.17, 15) is 4.79 Å². The topological polar surface area (TPSA) is 77.6 Å². The lowest BCUT2D eigenvalue weighted by atomic mass is 10.1. The van der Waals surface area contributed by atoms with Crippen LogP contribution >= 0.6 is 0 Å². The number of carbonyl (C=O) groups is 1. The summed E-state index contributed by atoms with van der Waals surface area (Å²) in [5.41, 5.74) is 1.55. The van der Waals surface area contributed by atoms with Gasteiger partial charge in [-0.3, -0.25) is 14.2 Å². The van der Waals surface area contributed by atoms with Crippen molar-refractivity contribution in [2.75, 3.05) is 6.54 Å². The molecule has 0 saturated heterocycles. The van der Waals surface area contributed by atoms with Gasteiger partial charge in [0.05, 0.1) is 5.69 Å². The standard InChI is InChI=1S/C14H22N6O/c1-5-20-12(8-11(18-20)10(2)3)14(21)15-7-6-13-16-9-17-19(13)4/h8-10H,5-7H2,1-4H3,(H,15,21). The molecular weight excluding hydrogens is 268 g/mol. The van der Waals surface area contributed by atoms with E-state index in [0.717, 1.165) is 11.5 Å². The van der Waals surface area contributed by atoms with E-state index in [1.807, 2.05) is 20.0 Å². The first-order valence-corrected chi connectivity index (χ1v) is 7.21. The fourth-order valence-corrected chi connectivity index (χ4v) is 2.07. The molecule has 0 spiro atoms. The number of hydrogen-bond donors (Lipinski definition) is 1. The van der Waals surface area contributed by atoms with Gasteiger partial charge in [0.15, 0.2) is 0 Å². The second-order valence-corrected chi connectivity index (χ2v) is 5.23. The Bertz CT molecular complexity index is 613. The Kier molecular flexibility index (Phi) is 4.72. The minimum atomic E-state index is -0.0987. The molecule has 0 fully saturated rings. The fraction of sp³-hybridized carbons (Fsp3) is 0.571. The van der Waals surface area contributed by atoms with Crippen LogP contribution in [0.1, 0.15) is 48.7 Å². The van der Waals surface area contributed by atoms with Crippen molar-refractivity contribution in [3.63, 3.8) is 0 Å². The fourth-order valence-electron chi connectivity index (χ4n) is 2.07. The molecule has 1 amide bonds. The molecule has 0 aromatic carbocycles. The predicted molar refractivity (Wildman–Crippen MR) is 79.0 cm³/mol. The molecule has 0 atom stereocenters. The van der Waals surface area contributed by atoms with Crippen LogP contribution in [0.5, 0.6) is 0 Å². The highest BCUT2D eigenvalue weighted by molar-refractivity contribution is 5.92. The first-order valence-electron chi connectivity index (χ1n) is 7.21. The Morgan fingerprint density at radius 3 is 2.76 bits per heavy atom. The van der Waals surface area contributed by atoms with Crippen molar-refractivity contribution in [1.82, 2.24) is 29.9 Å². The van der Waals surface area contributed by atoms with Gasteiger partial charge < -0.3 is 5.32 Å². The summed E-state index contributed by atoms with van der Waals surface area (Å²) in [5.74, 6) is 1.06. The van der Waals surface area contributed by atoms with Crippen LogP contribution in [0.25, 0.3) is 0 Å². The summed E-state index contributed by atoms with van der Waals surface area (Å²) in [6.07, 6.45) is 2.16. The maximum absolute atomic E-state index is 12.3. The molecule has 0 radical (unpaired) electrons. The van der Waals surface area contributed by atoms with E-state index in [1.54, 1.807) is 9.36 Å². The van der Waals surface area contributed by atoms with Crippen LogP contribution in [0, 0.1) is 0 Å². The first-order chi connectivity index (χ1) is 10.0. The van der Waals surface area contributed by atoms with Gasteiger partial charge >= 0.3 is 0 Å². The highest BCUT2D eigenvalue weighted by Crippen LogP contribution is 2.14. The molecule has 2 aromatic rings. The third-order valence-corrected chi connectivity index (χ3v) is 3.36. The number of nitrogens with zero attached hydrogens (tertiary/aromatic N) is 5. The minimum absolute atomic E-state index is 0.0987. The smallest absolute Gasteiger partial charge is 0.269 e. The van der Waals surface area contributed by atoms with Crippen LogP contribution in [0.3, 0.4) is 0 Å². The molecular formula is C14H22N6O. The van der Waals surface area contributed by atoms with E-state index in [1.165, 1.54) is 6.33 Å². The lowest BCUT2D eigenvalue weighted by Crippen LogP contribution is -2.28. The monoisotopic (exact) mass is 290 g/mol. The maximum Gasteiger partial charge on any atom is 0.269 e. The van der Waals surface area contributed by atoms with Gasteiger partial charge in [0.2, 0.25) is 0 Å². The Hall–Kier alpha value is -2.18. The molecule has 0 aliphatic heterocycles. The Labute approximate surface area is 124 Å². The van der Waals surface area contributed by atoms with E-state index >= 15 is 0 Å². The van der Waals surface area contributed by atoms with Gasteiger partial charge in [-0.1, -0.05) is 13.8 Å². The quantitative estimate of drug-likeness (QED) is 0.865. The average molecular weight is 290 g/mol. The van der Waals surface area contributed by atoms with Crippen molar-refractivity contribution >= 4 is 5.91 Å². The number of hydrogen-bond acceptors (Lipinski definition) is 4. The van der Waals surface area contributed by atoms with Gasteiger partial charge in [-0.15, -0.1) is 0 Å². The molecule has 2 heterocycles. The normalized spacial score (nSPS) is 11.1. The molecule has 2 rings (SSSR count). The van der Waals surface area contributed by atoms with E-state index in [-0.39, 0.29) is 5.91 Å². The van der Waals surface area contributed by atoms with E-state index in [4.69, 9.17) is 0 Å². The first kappa shape index (κ1) is 15.2. The summed E-state index contributed by atoms with van der Waals surface area (Å²) < 4.78 is 3.45. The van der Waals surface area contributed by atoms with Gasteiger partial charge in [-0.05, 0) is 18.9 Å².